The van der Waals surface area contributed by atoms with Crippen LogP contribution in [-0.4, -0.2) is 136 Å². The number of rotatable bonds is 58. The van der Waals surface area contributed by atoms with Crippen LogP contribution in [-0.2, 0) is 28.5 Å². The van der Waals surface area contributed by atoms with Gasteiger partial charge in [-0.25, -0.2) is 9.59 Å². The number of esters is 2. The van der Waals surface area contributed by atoms with Crippen molar-refractivity contribution in [2.45, 2.75) is 293 Å². The molecule has 12 nitrogen and oxygen atoms in total. The van der Waals surface area contributed by atoms with Gasteiger partial charge in [-0.05, 0) is 109 Å². The maximum Gasteiger partial charge on any atom is 0.409 e. The summed E-state index contributed by atoms with van der Waals surface area (Å²) in [6.45, 7) is 26.9. The van der Waals surface area contributed by atoms with Crippen LogP contribution in [0.4, 0.5) is 9.59 Å². The molecule has 0 aromatic rings. The number of nitrogens with zero attached hydrogens (tertiary/aromatic N) is 4. The molecule has 0 aromatic carbocycles. The molecule has 0 spiro atoms. The van der Waals surface area contributed by atoms with E-state index in [9.17, 15) is 19.2 Å². The van der Waals surface area contributed by atoms with E-state index < -0.39 is 0 Å². The first kappa shape index (κ1) is 74.4. The highest BCUT2D eigenvalue weighted by molar-refractivity contribution is 5.70. The van der Waals surface area contributed by atoms with E-state index in [2.05, 4.69) is 65.2 Å². The molecule has 2 amide bonds. The van der Waals surface area contributed by atoms with Crippen molar-refractivity contribution in [3.63, 3.8) is 0 Å². The number of ether oxygens (including phenoxy) is 4. The maximum absolute atomic E-state index is 13.7. The number of carbonyl (C=O) groups is 4. The Balaban J connectivity index is 5.47. The topological polar surface area (TPSA) is 118 Å². The van der Waals surface area contributed by atoms with E-state index in [1.165, 1.54) is 128 Å². The molecule has 0 saturated carbocycles. The molecule has 0 atom stereocenters. The van der Waals surface area contributed by atoms with Crippen molar-refractivity contribution >= 4 is 24.1 Å². The zero-order valence-electron chi connectivity index (χ0n) is 52.3. The molecule has 456 valence electrons. The number of carbonyl (C=O) groups excluding carboxylic acids is 4. The van der Waals surface area contributed by atoms with E-state index in [1.807, 2.05) is 9.80 Å². The van der Waals surface area contributed by atoms with Gasteiger partial charge in [0.15, 0.2) is 0 Å². The van der Waals surface area contributed by atoms with Gasteiger partial charge in [0.25, 0.3) is 0 Å². The first-order chi connectivity index (χ1) is 37.6. The summed E-state index contributed by atoms with van der Waals surface area (Å²) in [7, 11) is 0. The lowest BCUT2D eigenvalue weighted by molar-refractivity contribution is -0.146. The monoisotopic (exact) mass is 1090 g/mol. The quantitative estimate of drug-likeness (QED) is 0.0331. The summed E-state index contributed by atoms with van der Waals surface area (Å²) in [6.07, 6.45) is 39.1. The Morgan fingerprint density at radius 3 is 0.935 bits per heavy atom. The molecule has 0 unspecified atom stereocenters. The first-order valence-electron chi connectivity index (χ1n) is 33.2. The number of unbranched alkanes of at least 4 members (excludes halogenated alkanes) is 22. The van der Waals surface area contributed by atoms with Gasteiger partial charge in [-0.1, -0.05) is 209 Å². The molecule has 0 aromatic heterocycles. The van der Waals surface area contributed by atoms with Crippen LogP contribution >= 0.6 is 0 Å². The Labute approximate surface area is 476 Å². The van der Waals surface area contributed by atoms with Crippen molar-refractivity contribution < 1.29 is 38.1 Å². The predicted octanol–water partition coefficient (Wildman–Crippen LogP) is 17.4. The minimum absolute atomic E-state index is 0.0947. The van der Waals surface area contributed by atoms with Crippen molar-refractivity contribution in [3.05, 3.63) is 0 Å². The lowest BCUT2D eigenvalue weighted by Crippen LogP contribution is -2.39. The van der Waals surface area contributed by atoms with Gasteiger partial charge in [-0.3, -0.25) is 14.5 Å². The molecule has 0 radical (unpaired) electrons. The Hall–Kier alpha value is -2.60. The lowest BCUT2D eigenvalue weighted by atomic mass is 9.96. The third kappa shape index (κ3) is 46.8. The van der Waals surface area contributed by atoms with Gasteiger partial charge in [-0.15, -0.1) is 0 Å². The zero-order valence-corrected chi connectivity index (χ0v) is 52.3. The summed E-state index contributed by atoms with van der Waals surface area (Å²) < 4.78 is 23.6. The van der Waals surface area contributed by atoms with Crippen molar-refractivity contribution in [2.75, 3.05) is 91.9 Å². The van der Waals surface area contributed by atoms with E-state index in [1.54, 1.807) is 0 Å². The van der Waals surface area contributed by atoms with Crippen molar-refractivity contribution in [1.29, 1.82) is 0 Å². The highest BCUT2D eigenvalue weighted by atomic mass is 16.6. The molecular formula is C65H128N4O8. The van der Waals surface area contributed by atoms with E-state index in [0.717, 1.165) is 122 Å². The van der Waals surface area contributed by atoms with Crippen LogP contribution in [0.2, 0.25) is 0 Å². The molecule has 0 aliphatic carbocycles. The molecule has 0 fully saturated rings. The fraction of sp³-hybridized carbons (Fsp3) is 0.938. The number of hydrogen-bond donors (Lipinski definition) is 0. The molecule has 0 aliphatic rings. The highest BCUT2D eigenvalue weighted by Crippen LogP contribution is 2.21. The summed E-state index contributed by atoms with van der Waals surface area (Å²) in [6, 6.07) is 0. The summed E-state index contributed by atoms with van der Waals surface area (Å²) in [4.78, 5) is 61.4. The van der Waals surface area contributed by atoms with Crippen molar-refractivity contribution in [3.8, 4) is 0 Å². The summed E-state index contributed by atoms with van der Waals surface area (Å²) in [5.74, 6) is 0.740. The normalized spacial score (nSPS) is 11.6. The standard InChI is InChI=1S/C65H128N4O8/c1-9-17-23-25-27-37-50-68(52-39-29-35-46-62(70)76-58-60(42-31-19-11-3)43-32-20-12-4)64(72)74-56-54-67(49-41-48-66(15-7)16-8)55-57-75-65(73)69(51-38-28-26-24-18-10-2)53-40-30-36-47-63(71)77-59-61(44-33-21-13-5)45-34-22-14-6/h60-61H,9-59H2,1-8H3. The molecule has 0 rings (SSSR count). The minimum Gasteiger partial charge on any atom is -0.465 e. The van der Waals surface area contributed by atoms with Gasteiger partial charge in [0.1, 0.15) is 13.2 Å². The second-order valence-corrected chi connectivity index (χ2v) is 22.7. The Bertz CT molecular complexity index is 1210. The fourth-order valence-electron chi connectivity index (χ4n) is 10.3. The van der Waals surface area contributed by atoms with Gasteiger partial charge < -0.3 is 33.6 Å². The maximum atomic E-state index is 13.7. The van der Waals surface area contributed by atoms with Crippen LogP contribution in [0.1, 0.15) is 293 Å². The SMILES string of the molecule is CCCCCCCCN(CCCCCC(=O)OCC(CCCCC)CCCCC)C(=O)OCCN(CCCN(CC)CC)CCOC(=O)N(CCCCCCCC)CCCCCC(=O)OCC(CCCCC)CCCCC. The van der Waals surface area contributed by atoms with Crippen LogP contribution in [0, 0.1) is 11.8 Å². The molecule has 0 heterocycles. The van der Waals surface area contributed by atoms with Crippen LogP contribution in [0.5, 0.6) is 0 Å². The minimum atomic E-state index is -0.267. The number of hydrogen-bond acceptors (Lipinski definition) is 10. The molecule has 0 saturated heterocycles. The average molecular weight is 1090 g/mol. The molecular weight excluding hydrogens is 965 g/mol. The Morgan fingerprint density at radius 2 is 0.597 bits per heavy atom. The van der Waals surface area contributed by atoms with E-state index in [-0.39, 0.29) is 37.3 Å². The molecule has 0 bridgehead atoms. The first-order valence-corrected chi connectivity index (χ1v) is 33.2. The summed E-state index contributed by atoms with van der Waals surface area (Å²) >= 11 is 0. The van der Waals surface area contributed by atoms with Gasteiger partial charge in [-0.2, -0.15) is 0 Å². The Kier molecular flexibility index (Phi) is 54.8. The van der Waals surface area contributed by atoms with Crippen LogP contribution in [0.3, 0.4) is 0 Å². The van der Waals surface area contributed by atoms with Gasteiger partial charge >= 0.3 is 24.1 Å². The van der Waals surface area contributed by atoms with Crippen LogP contribution < -0.4 is 0 Å². The second-order valence-electron chi connectivity index (χ2n) is 22.7. The van der Waals surface area contributed by atoms with Gasteiger partial charge in [0.05, 0.1) is 13.2 Å². The van der Waals surface area contributed by atoms with Crippen LogP contribution in [0.15, 0.2) is 0 Å². The van der Waals surface area contributed by atoms with Gasteiger partial charge in [0.2, 0.25) is 0 Å². The third-order valence-electron chi connectivity index (χ3n) is 15.6. The summed E-state index contributed by atoms with van der Waals surface area (Å²) in [5, 5.41) is 0. The van der Waals surface area contributed by atoms with E-state index >= 15 is 0 Å². The van der Waals surface area contributed by atoms with Crippen molar-refractivity contribution in [1.82, 2.24) is 19.6 Å². The molecule has 12 heteroatoms. The fourth-order valence-corrected chi connectivity index (χ4v) is 10.3. The largest absolute Gasteiger partial charge is 0.465 e. The lowest BCUT2D eigenvalue weighted by Gasteiger charge is -2.27. The molecule has 77 heavy (non-hydrogen) atoms. The van der Waals surface area contributed by atoms with Crippen molar-refractivity contribution in [2.24, 2.45) is 11.8 Å². The van der Waals surface area contributed by atoms with E-state index in [0.29, 0.717) is 77.2 Å². The highest BCUT2D eigenvalue weighted by Gasteiger charge is 2.19. The average Bonchev–Trinajstić information content (AvgIpc) is 3.42. The van der Waals surface area contributed by atoms with Gasteiger partial charge in [0, 0.05) is 52.1 Å². The zero-order chi connectivity index (χ0) is 56.7. The summed E-state index contributed by atoms with van der Waals surface area (Å²) in [5.41, 5.74) is 0. The Morgan fingerprint density at radius 1 is 0.299 bits per heavy atom. The molecule has 0 N–H and O–H groups in total. The van der Waals surface area contributed by atoms with Crippen LogP contribution in [0.25, 0.3) is 0 Å². The second kappa shape index (κ2) is 56.7. The predicted molar refractivity (Wildman–Crippen MR) is 324 cm³/mol. The smallest absolute Gasteiger partial charge is 0.409 e. The van der Waals surface area contributed by atoms with E-state index in [4.69, 9.17) is 18.9 Å². The third-order valence-corrected chi connectivity index (χ3v) is 15.6. The molecule has 0 aliphatic heterocycles. The number of amides is 2.